The topological polar surface area (TPSA) is 60.5 Å². The van der Waals surface area contributed by atoms with Gasteiger partial charge in [-0.15, -0.1) is 11.3 Å². The summed E-state index contributed by atoms with van der Waals surface area (Å²) in [6.07, 6.45) is 3.29. The maximum absolute atomic E-state index is 12.4. The van der Waals surface area contributed by atoms with E-state index in [9.17, 15) is 4.79 Å². The number of carbonyl (C=O) groups excluding carboxylic acids is 1. The van der Waals surface area contributed by atoms with Crippen LogP contribution in [0.3, 0.4) is 0 Å². The Morgan fingerprint density at radius 3 is 3.17 bits per heavy atom. The molecule has 1 N–H and O–H groups in total. The van der Waals surface area contributed by atoms with Crippen molar-refractivity contribution in [1.82, 2.24) is 10.3 Å². The van der Waals surface area contributed by atoms with Crippen molar-refractivity contribution >= 4 is 17.2 Å². The second kappa shape index (κ2) is 8.37. The van der Waals surface area contributed by atoms with E-state index in [0.717, 1.165) is 24.1 Å². The van der Waals surface area contributed by atoms with Gasteiger partial charge in [-0.3, -0.25) is 9.78 Å². The summed E-state index contributed by atoms with van der Waals surface area (Å²) in [7, 11) is 0. The Labute approximate surface area is 146 Å². The van der Waals surface area contributed by atoms with Crippen molar-refractivity contribution < 1.29 is 14.3 Å². The van der Waals surface area contributed by atoms with Gasteiger partial charge in [-0.2, -0.15) is 0 Å². The molecule has 5 nitrogen and oxygen atoms in total. The zero-order valence-corrected chi connectivity index (χ0v) is 14.6. The van der Waals surface area contributed by atoms with Gasteiger partial charge in [0.15, 0.2) is 0 Å². The second-order valence-electron chi connectivity index (χ2n) is 5.77. The fourth-order valence-electron chi connectivity index (χ4n) is 2.65. The highest BCUT2D eigenvalue weighted by molar-refractivity contribution is 7.10. The van der Waals surface area contributed by atoms with E-state index in [0.29, 0.717) is 19.8 Å². The van der Waals surface area contributed by atoms with Gasteiger partial charge in [0, 0.05) is 23.1 Å². The van der Waals surface area contributed by atoms with Crippen LogP contribution in [0, 0.1) is 0 Å². The SMILES string of the molecule is CCc1cc(C(=O)N[C@@H]2CCOC[C@H]2OCc2ccccn2)cs1. The molecule has 24 heavy (non-hydrogen) atoms. The van der Waals surface area contributed by atoms with Gasteiger partial charge in [-0.05, 0) is 31.0 Å². The third kappa shape index (κ3) is 4.41. The van der Waals surface area contributed by atoms with Gasteiger partial charge in [0.05, 0.1) is 30.5 Å². The Kier molecular flexibility index (Phi) is 5.96. The van der Waals surface area contributed by atoms with Crippen LogP contribution >= 0.6 is 11.3 Å². The largest absolute Gasteiger partial charge is 0.379 e. The minimum atomic E-state index is -0.158. The number of aromatic nitrogens is 1. The first-order valence-electron chi connectivity index (χ1n) is 8.23. The molecule has 1 fully saturated rings. The predicted molar refractivity (Wildman–Crippen MR) is 93.2 cm³/mol. The van der Waals surface area contributed by atoms with Crippen molar-refractivity contribution in [3.05, 3.63) is 52.0 Å². The molecule has 1 aliphatic heterocycles. The van der Waals surface area contributed by atoms with Crippen LogP contribution in [0.4, 0.5) is 0 Å². The Morgan fingerprint density at radius 2 is 2.42 bits per heavy atom. The number of pyridine rings is 1. The van der Waals surface area contributed by atoms with E-state index < -0.39 is 0 Å². The molecule has 0 aromatic carbocycles. The van der Waals surface area contributed by atoms with Crippen LogP contribution in [0.2, 0.25) is 0 Å². The summed E-state index contributed by atoms with van der Waals surface area (Å²) < 4.78 is 11.5. The molecule has 2 atom stereocenters. The lowest BCUT2D eigenvalue weighted by Gasteiger charge is -2.32. The maximum atomic E-state index is 12.4. The molecule has 2 aromatic rings. The normalized spacial score (nSPS) is 20.7. The fourth-order valence-corrected chi connectivity index (χ4v) is 3.47. The van der Waals surface area contributed by atoms with Crippen LogP contribution < -0.4 is 5.32 Å². The molecule has 128 valence electrons. The quantitative estimate of drug-likeness (QED) is 0.874. The van der Waals surface area contributed by atoms with Crippen LogP contribution in [0.1, 0.15) is 34.3 Å². The van der Waals surface area contributed by atoms with Crippen molar-refractivity contribution in [1.29, 1.82) is 0 Å². The number of hydrogen-bond donors (Lipinski definition) is 1. The van der Waals surface area contributed by atoms with Crippen molar-refractivity contribution in [2.75, 3.05) is 13.2 Å². The van der Waals surface area contributed by atoms with Gasteiger partial charge in [0.2, 0.25) is 0 Å². The molecule has 0 bridgehead atoms. The van der Waals surface area contributed by atoms with Gasteiger partial charge in [0.1, 0.15) is 6.10 Å². The number of hydrogen-bond acceptors (Lipinski definition) is 5. The van der Waals surface area contributed by atoms with Crippen LogP contribution in [-0.2, 0) is 22.5 Å². The Bertz CT molecular complexity index is 659. The summed E-state index contributed by atoms with van der Waals surface area (Å²) in [5, 5.41) is 5.02. The van der Waals surface area contributed by atoms with E-state index in [1.807, 2.05) is 29.6 Å². The fraction of sp³-hybridized carbons (Fsp3) is 0.444. The highest BCUT2D eigenvalue weighted by Gasteiger charge is 2.28. The number of ether oxygens (including phenoxy) is 2. The molecular weight excluding hydrogens is 324 g/mol. The lowest BCUT2D eigenvalue weighted by Crippen LogP contribution is -2.49. The Balaban J connectivity index is 1.58. The molecule has 0 unspecified atom stereocenters. The lowest BCUT2D eigenvalue weighted by molar-refractivity contribution is -0.0743. The van der Waals surface area contributed by atoms with Crippen LogP contribution in [0.5, 0.6) is 0 Å². The molecule has 0 radical (unpaired) electrons. The second-order valence-corrected chi connectivity index (χ2v) is 6.77. The molecule has 1 amide bonds. The number of amides is 1. The molecule has 6 heteroatoms. The zero-order valence-electron chi connectivity index (χ0n) is 13.7. The number of nitrogens with zero attached hydrogens (tertiary/aromatic N) is 1. The third-order valence-electron chi connectivity index (χ3n) is 4.06. The number of nitrogens with one attached hydrogen (secondary N) is 1. The van der Waals surface area contributed by atoms with Crippen molar-refractivity contribution in [2.24, 2.45) is 0 Å². The molecule has 1 aliphatic rings. The Hall–Kier alpha value is -1.76. The molecule has 1 saturated heterocycles. The molecule has 0 aliphatic carbocycles. The first-order valence-corrected chi connectivity index (χ1v) is 9.11. The summed E-state index contributed by atoms with van der Waals surface area (Å²) in [4.78, 5) is 17.9. The van der Waals surface area contributed by atoms with Gasteiger partial charge < -0.3 is 14.8 Å². The standard InChI is InChI=1S/C18H22N2O3S/c1-2-15-9-13(12-24-15)18(21)20-16-6-8-22-11-17(16)23-10-14-5-3-4-7-19-14/h3-5,7,9,12,16-17H,2,6,8,10-11H2,1H3,(H,20,21)/t16-,17-/m1/s1. The first-order chi connectivity index (χ1) is 11.8. The minimum Gasteiger partial charge on any atom is -0.379 e. The molecule has 2 aromatic heterocycles. The average Bonchev–Trinajstić information content (AvgIpc) is 3.11. The van der Waals surface area contributed by atoms with E-state index in [1.165, 1.54) is 4.88 Å². The van der Waals surface area contributed by atoms with Gasteiger partial charge in [0.25, 0.3) is 5.91 Å². The van der Waals surface area contributed by atoms with E-state index >= 15 is 0 Å². The molecule has 3 heterocycles. The summed E-state index contributed by atoms with van der Waals surface area (Å²) in [5.41, 5.74) is 1.60. The summed E-state index contributed by atoms with van der Waals surface area (Å²) >= 11 is 1.62. The highest BCUT2D eigenvalue weighted by Crippen LogP contribution is 2.17. The van der Waals surface area contributed by atoms with E-state index in [1.54, 1.807) is 17.5 Å². The first kappa shape index (κ1) is 17.1. The number of thiophene rings is 1. The molecule has 3 rings (SSSR count). The monoisotopic (exact) mass is 346 g/mol. The smallest absolute Gasteiger partial charge is 0.252 e. The summed E-state index contributed by atoms with van der Waals surface area (Å²) in [5.74, 6) is -0.0377. The summed E-state index contributed by atoms with van der Waals surface area (Å²) in [6.45, 7) is 3.63. The average molecular weight is 346 g/mol. The number of rotatable bonds is 6. The maximum Gasteiger partial charge on any atom is 0.252 e. The van der Waals surface area contributed by atoms with Gasteiger partial charge in [-0.1, -0.05) is 13.0 Å². The molecular formula is C18H22N2O3S. The van der Waals surface area contributed by atoms with E-state index in [-0.39, 0.29) is 18.1 Å². The van der Waals surface area contributed by atoms with Gasteiger partial charge in [-0.25, -0.2) is 0 Å². The van der Waals surface area contributed by atoms with Crippen molar-refractivity contribution in [2.45, 2.75) is 38.5 Å². The van der Waals surface area contributed by atoms with Crippen molar-refractivity contribution in [3.8, 4) is 0 Å². The van der Waals surface area contributed by atoms with E-state index in [4.69, 9.17) is 9.47 Å². The molecule has 0 saturated carbocycles. The van der Waals surface area contributed by atoms with Crippen LogP contribution in [-0.4, -0.2) is 36.3 Å². The number of aryl methyl sites for hydroxylation is 1. The number of carbonyl (C=O) groups is 1. The highest BCUT2D eigenvalue weighted by atomic mass is 32.1. The van der Waals surface area contributed by atoms with E-state index in [2.05, 4.69) is 17.2 Å². The zero-order chi connectivity index (χ0) is 16.8. The van der Waals surface area contributed by atoms with Gasteiger partial charge >= 0.3 is 0 Å². The Morgan fingerprint density at radius 1 is 1.50 bits per heavy atom. The van der Waals surface area contributed by atoms with Crippen molar-refractivity contribution in [3.63, 3.8) is 0 Å². The minimum absolute atomic E-state index is 0.0377. The molecule has 0 spiro atoms. The third-order valence-corrected chi connectivity index (χ3v) is 5.14. The van der Waals surface area contributed by atoms with Crippen LogP contribution in [0.15, 0.2) is 35.8 Å². The lowest BCUT2D eigenvalue weighted by atomic mass is 10.1. The summed E-state index contributed by atoms with van der Waals surface area (Å²) in [6, 6.07) is 7.66. The predicted octanol–water partition coefficient (Wildman–Crippen LogP) is 2.81. The van der Waals surface area contributed by atoms with Crippen LogP contribution in [0.25, 0.3) is 0 Å².